The molecule has 0 saturated heterocycles. The normalized spacial score (nSPS) is 10.9. The third-order valence-electron chi connectivity index (χ3n) is 6.27. The van der Waals surface area contributed by atoms with Gasteiger partial charge in [0.15, 0.2) is 5.78 Å². The molecule has 0 aliphatic rings. The Bertz CT molecular complexity index is 1710. The molecule has 0 unspecified atom stereocenters. The van der Waals surface area contributed by atoms with Crippen molar-refractivity contribution < 1.29 is 23.9 Å². The van der Waals surface area contributed by atoms with Gasteiger partial charge in [-0.2, -0.15) is 5.10 Å². The molecule has 1 amide bonds. The number of rotatable bonds is 7. The van der Waals surface area contributed by atoms with Crippen LogP contribution in [0.5, 0.6) is 0 Å². The predicted molar refractivity (Wildman–Crippen MR) is 141 cm³/mol. The second-order valence-corrected chi connectivity index (χ2v) is 8.70. The highest BCUT2D eigenvalue weighted by molar-refractivity contribution is 6.07. The number of aromatic nitrogens is 2. The monoisotopic (exact) mass is 507 g/mol. The summed E-state index contributed by atoms with van der Waals surface area (Å²) >= 11 is 0. The molecule has 5 rings (SSSR count). The zero-order valence-electron chi connectivity index (χ0n) is 20.3. The van der Waals surface area contributed by atoms with Gasteiger partial charge in [0.25, 0.3) is 5.91 Å². The van der Waals surface area contributed by atoms with E-state index in [0.29, 0.717) is 22.3 Å². The Morgan fingerprint density at radius 3 is 2.29 bits per heavy atom. The van der Waals surface area contributed by atoms with Gasteiger partial charge < -0.3 is 10.4 Å². The van der Waals surface area contributed by atoms with E-state index in [1.165, 1.54) is 36.0 Å². The largest absolute Gasteiger partial charge is 0.478 e. The molecule has 8 heteroatoms. The van der Waals surface area contributed by atoms with E-state index < -0.39 is 5.97 Å². The van der Waals surface area contributed by atoms with Crippen molar-refractivity contribution in [1.29, 1.82) is 0 Å². The van der Waals surface area contributed by atoms with E-state index in [-0.39, 0.29) is 35.1 Å². The molecule has 38 heavy (non-hydrogen) atoms. The van der Waals surface area contributed by atoms with Crippen molar-refractivity contribution in [3.8, 4) is 16.8 Å². The molecule has 2 N–H and O–H groups in total. The summed E-state index contributed by atoms with van der Waals surface area (Å²) in [4.78, 5) is 37.1. The van der Waals surface area contributed by atoms with Gasteiger partial charge >= 0.3 is 5.97 Å². The Kier molecular flexibility index (Phi) is 6.53. The quantitative estimate of drug-likeness (QED) is 0.291. The average molecular weight is 508 g/mol. The van der Waals surface area contributed by atoms with E-state index in [9.17, 15) is 23.9 Å². The number of carboxylic acids is 1. The van der Waals surface area contributed by atoms with E-state index in [2.05, 4.69) is 10.4 Å². The van der Waals surface area contributed by atoms with E-state index in [0.717, 1.165) is 16.7 Å². The van der Waals surface area contributed by atoms with Crippen molar-refractivity contribution in [3.05, 3.63) is 119 Å². The van der Waals surface area contributed by atoms with Crippen LogP contribution in [0.1, 0.15) is 36.8 Å². The van der Waals surface area contributed by atoms with E-state index >= 15 is 0 Å². The minimum Gasteiger partial charge on any atom is -0.478 e. The first-order valence-electron chi connectivity index (χ1n) is 11.8. The lowest BCUT2D eigenvalue weighted by Crippen LogP contribution is -2.21. The van der Waals surface area contributed by atoms with Crippen molar-refractivity contribution >= 4 is 28.6 Å². The van der Waals surface area contributed by atoms with Crippen molar-refractivity contribution in [2.75, 3.05) is 7.05 Å². The molecule has 0 atom stereocenters. The first-order valence-corrected chi connectivity index (χ1v) is 11.8. The van der Waals surface area contributed by atoms with Crippen LogP contribution in [-0.4, -0.2) is 39.6 Å². The fraction of sp³-hybridized carbons (Fsp3) is 0.0667. The molecule has 0 fully saturated rings. The van der Waals surface area contributed by atoms with Gasteiger partial charge in [-0.1, -0.05) is 48.5 Å². The molecular formula is C30H22FN3O4. The molecule has 5 aromatic rings. The number of benzene rings is 4. The minimum absolute atomic E-state index is 0.0252. The summed E-state index contributed by atoms with van der Waals surface area (Å²) in [6, 6.07) is 24.8. The van der Waals surface area contributed by atoms with Crippen LogP contribution in [0.25, 0.3) is 27.7 Å². The van der Waals surface area contributed by atoms with Crippen molar-refractivity contribution in [1.82, 2.24) is 15.1 Å². The Labute approximate surface area is 217 Å². The van der Waals surface area contributed by atoms with Crippen LogP contribution in [0.15, 0.2) is 91.0 Å². The number of hydrogen-bond acceptors (Lipinski definition) is 4. The number of carbonyl (C=O) groups is 3. The highest BCUT2D eigenvalue weighted by Crippen LogP contribution is 2.29. The van der Waals surface area contributed by atoms with Gasteiger partial charge in [-0.25, -0.2) is 13.9 Å². The smallest absolute Gasteiger partial charge is 0.336 e. The lowest BCUT2D eigenvalue weighted by Gasteiger charge is -2.08. The molecule has 1 aromatic heterocycles. The molecule has 0 spiro atoms. The van der Waals surface area contributed by atoms with E-state index in [4.69, 9.17) is 0 Å². The van der Waals surface area contributed by atoms with Crippen LogP contribution in [0, 0.1) is 5.82 Å². The lowest BCUT2D eigenvalue weighted by molar-refractivity contribution is 0.0691. The van der Waals surface area contributed by atoms with Crippen LogP contribution < -0.4 is 5.32 Å². The van der Waals surface area contributed by atoms with Crippen LogP contribution in [0.4, 0.5) is 4.39 Å². The summed E-state index contributed by atoms with van der Waals surface area (Å²) in [6.07, 6.45) is 0.0421. The van der Waals surface area contributed by atoms with Gasteiger partial charge in [-0.3, -0.25) is 9.59 Å². The Morgan fingerprint density at radius 1 is 0.868 bits per heavy atom. The Hall–Kier alpha value is -5.11. The highest BCUT2D eigenvalue weighted by Gasteiger charge is 2.20. The molecule has 0 radical (unpaired) electrons. The minimum atomic E-state index is -1.15. The van der Waals surface area contributed by atoms with Crippen LogP contribution in [0.2, 0.25) is 0 Å². The third kappa shape index (κ3) is 4.67. The summed E-state index contributed by atoms with van der Waals surface area (Å²) < 4.78 is 15.0. The number of ketones is 1. The number of halogens is 1. The summed E-state index contributed by atoms with van der Waals surface area (Å²) in [5.74, 6) is -2.15. The molecule has 7 nitrogen and oxygen atoms in total. The van der Waals surface area contributed by atoms with Gasteiger partial charge in [0.1, 0.15) is 11.5 Å². The molecule has 1 heterocycles. The molecule has 188 valence electrons. The zero-order chi connectivity index (χ0) is 26.8. The molecule has 0 aliphatic heterocycles. The second kappa shape index (κ2) is 10.1. The fourth-order valence-corrected chi connectivity index (χ4v) is 4.43. The average Bonchev–Trinajstić information content (AvgIpc) is 3.32. The third-order valence-corrected chi connectivity index (χ3v) is 6.27. The highest BCUT2D eigenvalue weighted by atomic mass is 19.1. The van der Waals surface area contributed by atoms with Gasteiger partial charge in [0.05, 0.1) is 16.8 Å². The molecule has 4 aromatic carbocycles. The maximum absolute atomic E-state index is 13.5. The first kappa shape index (κ1) is 24.6. The Morgan fingerprint density at radius 2 is 1.58 bits per heavy atom. The number of nitrogens with zero attached hydrogens (tertiary/aromatic N) is 2. The lowest BCUT2D eigenvalue weighted by atomic mass is 9.96. The summed E-state index contributed by atoms with van der Waals surface area (Å²) in [7, 11) is 1.53. The number of hydrogen-bond donors (Lipinski definition) is 2. The summed E-state index contributed by atoms with van der Waals surface area (Å²) in [5.41, 5.74) is 3.98. The second-order valence-electron chi connectivity index (χ2n) is 8.70. The predicted octanol–water partition coefficient (Wildman–Crippen LogP) is 5.31. The first-order chi connectivity index (χ1) is 18.4. The van der Waals surface area contributed by atoms with Crippen LogP contribution >= 0.6 is 0 Å². The van der Waals surface area contributed by atoms with Gasteiger partial charge in [0.2, 0.25) is 0 Å². The zero-order valence-corrected chi connectivity index (χ0v) is 20.3. The van der Waals surface area contributed by atoms with Crippen molar-refractivity contribution in [2.45, 2.75) is 6.42 Å². The van der Waals surface area contributed by atoms with Crippen molar-refractivity contribution in [3.63, 3.8) is 0 Å². The summed E-state index contributed by atoms with van der Waals surface area (Å²) in [5, 5.41) is 17.3. The number of aromatic carboxylic acids is 1. The van der Waals surface area contributed by atoms with E-state index in [1.54, 1.807) is 24.3 Å². The topological polar surface area (TPSA) is 101 Å². The van der Waals surface area contributed by atoms with Crippen LogP contribution in [0.3, 0.4) is 0 Å². The fourth-order valence-electron chi connectivity index (χ4n) is 4.43. The SMILES string of the molecule is CNC(=O)c1c2ccc(-c3cccc(CC(=O)c4ccccc4C(=O)O)c3)cc2nn1-c1ccc(F)cc1. The number of carboxylic acid groups (broad SMARTS) is 1. The van der Waals surface area contributed by atoms with Crippen LogP contribution in [-0.2, 0) is 6.42 Å². The van der Waals surface area contributed by atoms with Gasteiger partial charge in [-0.15, -0.1) is 0 Å². The molecule has 0 aliphatic carbocycles. The molecular weight excluding hydrogens is 485 g/mol. The number of fused-ring (bicyclic) bond motifs is 1. The molecule has 0 saturated carbocycles. The van der Waals surface area contributed by atoms with Gasteiger partial charge in [-0.05, 0) is 59.2 Å². The number of Topliss-reactive ketones (excluding diaryl/α,β-unsaturated/α-hetero) is 1. The molecule has 0 bridgehead atoms. The standard InChI is InChI=1S/C30H22FN3O4/c1-32-29(36)28-25-14-9-20(17-26(25)33-34(28)22-12-10-21(31)11-13-22)19-6-4-5-18(15-19)16-27(35)23-7-2-3-8-24(23)30(37)38/h2-15,17H,16H2,1H3,(H,32,36)(H,37,38). The number of carbonyl (C=O) groups excluding carboxylic acids is 2. The van der Waals surface area contributed by atoms with E-state index in [1.807, 2.05) is 42.5 Å². The Balaban J connectivity index is 1.51. The van der Waals surface area contributed by atoms with Crippen molar-refractivity contribution in [2.24, 2.45) is 0 Å². The van der Waals surface area contributed by atoms with Gasteiger partial charge in [0, 0.05) is 24.4 Å². The number of amides is 1. The maximum Gasteiger partial charge on any atom is 0.336 e. The number of nitrogens with one attached hydrogen (secondary N) is 1. The maximum atomic E-state index is 13.5. The summed E-state index contributed by atoms with van der Waals surface area (Å²) in [6.45, 7) is 0.